The Labute approximate surface area is 142 Å². The normalized spacial score (nSPS) is 10.5. The van der Waals surface area contributed by atoms with E-state index in [0.29, 0.717) is 16.1 Å². The Morgan fingerprint density at radius 1 is 1.17 bits per heavy atom. The van der Waals surface area contributed by atoms with Crippen LogP contribution in [-0.2, 0) is 4.79 Å². The molecule has 2 aromatic rings. The van der Waals surface area contributed by atoms with Crippen molar-refractivity contribution in [1.29, 1.82) is 0 Å². The van der Waals surface area contributed by atoms with E-state index in [0.717, 1.165) is 5.01 Å². The molecule has 0 spiro atoms. The Kier molecular flexibility index (Phi) is 5.64. The summed E-state index contributed by atoms with van der Waals surface area (Å²) in [5.41, 5.74) is 0.850. The lowest BCUT2D eigenvalue weighted by atomic mass is 10.2. The quantitative estimate of drug-likeness (QED) is 0.743. The summed E-state index contributed by atoms with van der Waals surface area (Å²) in [6, 6.07) is 6.19. The van der Waals surface area contributed by atoms with Gasteiger partial charge in [0.05, 0.1) is 11.2 Å². The van der Waals surface area contributed by atoms with Gasteiger partial charge in [-0.05, 0) is 24.3 Å². The van der Waals surface area contributed by atoms with Gasteiger partial charge < -0.3 is 15.7 Å². The van der Waals surface area contributed by atoms with Crippen molar-refractivity contribution in [3.05, 3.63) is 45.9 Å². The maximum Gasteiger partial charge on any atom is 0.322 e. The summed E-state index contributed by atoms with van der Waals surface area (Å²) >= 11 is 1.34. The van der Waals surface area contributed by atoms with E-state index in [1.807, 2.05) is 13.8 Å². The molecule has 0 aliphatic heterocycles. The van der Waals surface area contributed by atoms with Crippen molar-refractivity contribution in [2.75, 3.05) is 11.9 Å². The van der Waals surface area contributed by atoms with Gasteiger partial charge >= 0.3 is 5.97 Å². The summed E-state index contributed by atoms with van der Waals surface area (Å²) in [5.74, 6) is -1.60. The number of nitrogens with zero attached hydrogens (tertiary/aromatic N) is 1. The molecule has 0 fully saturated rings. The number of carboxylic acid groups (broad SMARTS) is 1. The Balaban J connectivity index is 1.99. The van der Waals surface area contributed by atoms with Crippen LogP contribution in [0.2, 0.25) is 0 Å². The smallest absolute Gasteiger partial charge is 0.322 e. The number of hydrogen-bond acceptors (Lipinski definition) is 5. The number of carbonyl (C=O) groups is 3. The fraction of sp³-hybridized carbons (Fsp3) is 0.250. The summed E-state index contributed by atoms with van der Waals surface area (Å²) in [6.07, 6.45) is 1.54. The van der Waals surface area contributed by atoms with E-state index >= 15 is 0 Å². The van der Waals surface area contributed by atoms with Gasteiger partial charge in [-0.3, -0.25) is 14.4 Å². The Hall–Kier alpha value is -2.74. The lowest BCUT2D eigenvalue weighted by Gasteiger charge is -2.06. The Morgan fingerprint density at radius 3 is 2.38 bits per heavy atom. The molecular weight excluding hydrogens is 330 g/mol. The van der Waals surface area contributed by atoms with E-state index in [9.17, 15) is 14.4 Å². The van der Waals surface area contributed by atoms with Gasteiger partial charge in [-0.15, -0.1) is 11.3 Å². The van der Waals surface area contributed by atoms with E-state index in [1.165, 1.54) is 23.5 Å². The zero-order chi connectivity index (χ0) is 17.7. The third kappa shape index (κ3) is 4.63. The van der Waals surface area contributed by atoms with Crippen molar-refractivity contribution in [3.8, 4) is 0 Å². The minimum atomic E-state index is -1.11. The molecule has 0 aliphatic carbocycles. The molecule has 2 rings (SSSR count). The minimum absolute atomic E-state index is 0.262. The van der Waals surface area contributed by atoms with Crippen LogP contribution in [0.1, 0.15) is 44.8 Å². The molecule has 2 amide bonds. The largest absolute Gasteiger partial charge is 0.480 e. The van der Waals surface area contributed by atoms with Gasteiger partial charge in [0, 0.05) is 17.2 Å². The average Bonchev–Trinajstić information content (AvgIpc) is 3.03. The number of anilines is 1. The summed E-state index contributed by atoms with van der Waals surface area (Å²) in [4.78, 5) is 39.0. The van der Waals surface area contributed by atoms with Gasteiger partial charge in [-0.1, -0.05) is 13.8 Å². The number of hydrogen-bond donors (Lipinski definition) is 3. The molecule has 0 bridgehead atoms. The molecule has 0 saturated heterocycles. The first-order valence-electron chi connectivity index (χ1n) is 7.24. The number of aromatic nitrogens is 1. The van der Waals surface area contributed by atoms with Crippen molar-refractivity contribution in [3.63, 3.8) is 0 Å². The van der Waals surface area contributed by atoms with Crippen LogP contribution in [-0.4, -0.2) is 34.4 Å². The van der Waals surface area contributed by atoms with Crippen molar-refractivity contribution in [2.45, 2.75) is 19.8 Å². The Bertz CT molecular complexity index is 753. The SMILES string of the molecule is CC(C)c1ncc(C(=O)Nc2ccc(C(=O)NCC(=O)O)cc2)s1. The van der Waals surface area contributed by atoms with E-state index in [4.69, 9.17) is 5.11 Å². The monoisotopic (exact) mass is 347 g/mol. The van der Waals surface area contributed by atoms with Crippen LogP contribution in [0.15, 0.2) is 30.5 Å². The van der Waals surface area contributed by atoms with Gasteiger partial charge in [-0.25, -0.2) is 4.98 Å². The molecular formula is C16H17N3O4S. The predicted octanol–water partition coefficient (Wildman–Crippen LogP) is 2.33. The fourth-order valence-corrected chi connectivity index (χ4v) is 2.63. The molecule has 0 unspecified atom stereocenters. The first kappa shape index (κ1) is 17.6. The van der Waals surface area contributed by atoms with Crippen LogP contribution in [0.25, 0.3) is 0 Å². The molecule has 1 aromatic heterocycles. The van der Waals surface area contributed by atoms with E-state index in [1.54, 1.807) is 18.3 Å². The van der Waals surface area contributed by atoms with Crippen LogP contribution in [0.4, 0.5) is 5.69 Å². The fourth-order valence-electron chi connectivity index (χ4n) is 1.82. The highest BCUT2D eigenvalue weighted by molar-refractivity contribution is 7.13. The van der Waals surface area contributed by atoms with Crippen LogP contribution < -0.4 is 10.6 Å². The van der Waals surface area contributed by atoms with Crippen molar-refractivity contribution < 1.29 is 19.5 Å². The average molecular weight is 347 g/mol. The lowest BCUT2D eigenvalue weighted by Crippen LogP contribution is -2.29. The second kappa shape index (κ2) is 7.69. The molecule has 0 radical (unpaired) electrons. The zero-order valence-electron chi connectivity index (χ0n) is 13.2. The standard InChI is InChI=1S/C16H17N3O4S/c1-9(2)16-18-7-12(24-16)15(23)19-11-5-3-10(4-6-11)14(22)17-8-13(20)21/h3-7,9H,8H2,1-2H3,(H,17,22)(H,19,23)(H,20,21). The van der Waals surface area contributed by atoms with E-state index in [-0.39, 0.29) is 11.8 Å². The number of benzene rings is 1. The molecule has 0 atom stereocenters. The maximum atomic E-state index is 12.2. The number of nitrogens with one attached hydrogen (secondary N) is 2. The maximum absolute atomic E-state index is 12.2. The molecule has 126 valence electrons. The summed E-state index contributed by atoms with van der Waals surface area (Å²) in [6.45, 7) is 3.57. The lowest BCUT2D eigenvalue weighted by molar-refractivity contribution is -0.135. The molecule has 3 N–H and O–H groups in total. The van der Waals surface area contributed by atoms with Crippen molar-refractivity contribution in [2.24, 2.45) is 0 Å². The molecule has 8 heteroatoms. The minimum Gasteiger partial charge on any atom is -0.480 e. The topological polar surface area (TPSA) is 108 Å². The van der Waals surface area contributed by atoms with Gasteiger partial charge in [0.1, 0.15) is 11.4 Å². The van der Waals surface area contributed by atoms with Crippen molar-refractivity contribution >= 4 is 34.8 Å². The van der Waals surface area contributed by atoms with E-state index in [2.05, 4.69) is 15.6 Å². The summed E-state index contributed by atoms with van der Waals surface area (Å²) < 4.78 is 0. The first-order valence-corrected chi connectivity index (χ1v) is 8.05. The highest BCUT2D eigenvalue weighted by atomic mass is 32.1. The number of aliphatic carboxylic acids is 1. The highest BCUT2D eigenvalue weighted by Gasteiger charge is 2.13. The summed E-state index contributed by atoms with van der Waals surface area (Å²) in [7, 11) is 0. The third-order valence-electron chi connectivity index (χ3n) is 3.05. The summed E-state index contributed by atoms with van der Waals surface area (Å²) in [5, 5.41) is 14.4. The zero-order valence-corrected chi connectivity index (χ0v) is 14.0. The van der Waals surface area contributed by atoms with Crippen molar-refractivity contribution in [1.82, 2.24) is 10.3 Å². The molecule has 1 heterocycles. The number of amides is 2. The molecule has 24 heavy (non-hydrogen) atoms. The van der Waals surface area contributed by atoms with Gasteiger partial charge in [0.2, 0.25) is 0 Å². The van der Waals surface area contributed by atoms with Crippen LogP contribution >= 0.6 is 11.3 Å². The highest BCUT2D eigenvalue weighted by Crippen LogP contribution is 2.22. The van der Waals surface area contributed by atoms with E-state index < -0.39 is 18.4 Å². The second-order valence-electron chi connectivity index (χ2n) is 5.33. The number of carboxylic acids is 1. The van der Waals surface area contributed by atoms with Gasteiger partial charge in [0.25, 0.3) is 11.8 Å². The molecule has 1 aromatic carbocycles. The number of carbonyl (C=O) groups excluding carboxylic acids is 2. The van der Waals surface area contributed by atoms with Crippen LogP contribution in [0.5, 0.6) is 0 Å². The third-order valence-corrected chi connectivity index (χ3v) is 4.34. The predicted molar refractivity (Wildman–Crippen MR) is 90.6 cm³/mol. The molecule has 7 nitrogen and oxygen atoms in total. The number of rotatable bonds is 6. The number of thiazole rings is 1. The first-order chi connectivity index (χ1) is 11.4. The van der Waals surface area contributed by atoms with Gasteiger partial charge in [0.15, 0.2) is 0 Å². The van der Waals surface area contributed by atoms with Crippen LogP contribution in [0, 0.1) is 0 Å². The Morgan fingerprint density at radius 2 is 1.83 bits per heavy atom. The van der Waals surface area contributed by atoms with Crippen LogP contribution in [0.3, 0.4) is 0 Å². The second-order valence-corrected chi connectivity index (χ2v) is 6.39. The molecule has 0 aliphatic rings. The molecule has 0 saturated carbocycles. The van der Waals surface area contributed by atoms with Gasteiger partial charge in [-0.2, -0.15) is 0 Å².